The summed E-state index contributed by atoms with van der Waals surface area (Å²) >= 11 is 0. The first kappa shape index (κ1) is 17.5. The number of carbonyl (C=O) groups excluding carboxylic acids is 1. The van der Waals surface area contributed by atoms with E-state index in [-0.39, 0.29) is 17.7 Å². The van der Waals surface area contributed by atoms with Gasteiger partial charge in [0.05, 0.1) is 28.2 Å². The summed E-state index contributed by atoms with van der Waals surface area (Å²) in [6.07, 6.45) is -4.67. The zero-order valence-corrected chi connectivity index (χ0v) is 12.5. The third kappa shape index (κ3) is 3.70. The quantitative estimate of drug-likeness (QED) is 0.468. The van der Waals surface area contributed by atoms with Crippen molar-refractivity contribution in [3.8, 4) is 11.1 Å². The number of esters is 1. The molecule has 0 saturated carbocycles. The minimum atomic E-state index is -4.67. The summed E-state index contributed by atoms with van der Waals surface area (Å²) in [5, 5.41) is 11.1. The molecule has 0 aliphatic heterocycles. The number of nitro benzene ring substituents is 1. The van der Waals surface area contributed by atoms with Crippen LogP contribution in [0.5, 0.6) is 0 Å². The van der Waals surface area contributed by atoms with E-state index in [1.165, 1.54) is 24.3 Å². The second-order valence-electron chi connectivity index (χ2n) is 4.78. The van der Waals surface area contributed by atoms with Crippen LogP contribution in [0.15, 0.2) is 42.5 Å². The van der Waals surface area contributed by atoms with Crippen LogP contribution in [0.25, 0.3) is 11.1 Å². The van der Waals surface area contributed by atoms with E-state index < -0.39 is 28.3 Å². The Morgan fingerprint density at radius 1 is 1.17 bits per heavy atom. The molecule has 2 aromatic rings. The van der Waals surface area contributed by atoms with E-state index in [4.69, 9.17) is 4.74 Å². The lowest BCUT2D eigenvalue weighted by Gasteiger charge is -2.09. The van der Waals surface area contributed by atoms with Crippen LogP contribution >= 0.6 is 0 Å². The largest absolute Gasteiger partial charge is 0.462 e. The van der Waals surface area contributed by atoms with Crippen LogP contribution in [0.1, 0.15) is 22.8 Å². The summed E-state index contributed by atoms with van der Waals surface area (Å²) in [4.78, 5) is 21.8. The maximum absolute atomic E-state index is 12.7. The number of benzene rings is 2. The molecule has 0 aliphatic carbocycles. The lowest BCUT2D eigenvalue weighted by molar-refractivity contribution is -0.384. The Kier molecular flexibility index (Phi) is 4.87. The predicted molar refractivity (Wildman–Crippen MR) is 79.5 cm³/mol. The molecule has 0 aromatic heterocycles. The van der Waals surface area contributed by atoms with Gasteiger partial charge in [-0.2, -0.15) is 13.2 Å². The summed E-state index contributed by atoms with van der Waals surface area (Å²) in [6.45, 7) is 1.85. The lowest BCUT2D eigenvalue weighted by Crippen LogP contribution is -2.06. The summed E-state index contributed by atoms with van der Waals surface area (Å²) in [5.74, 6) is -0.550. The van der Waals surface area contributed by atoms with Crippen LogP contribution in [0, 0.1) is 10.1 Å². The van der Waals surface area contributed by atoms with Gasteiger partial charge < -0.3 is 4.74 Å². The molecule has 0 spiro atoms. The minimum Gasteiger partial charge on any atom is -0.462 e. The Hall–Kier alpha value is -2.90. The van der Waals surface area contributed by atoms with Gasteiger partial charge in [-0.05, 0) is 36.8 Å². The molecule has 5 nitrogen and oxygen atoms in total. The Bertz CT molecular complexity index is 770. The molecule has 0 radical (unpaired) electrons. The van der Waals surface area contributed by atoms with Crippen LogP contribution in [0.4, 0.5) is 18.9 Å². The first-order valence-electron chi connectivity index (χ1n) is 6.87. The first-order chi connectivity index (χ1) is 11.2. The zero-order valence-electron chi connectivity index (χ0n) is 12.5. The van der Waals surface area contributed by atoms with Gasteiger partial charge in [-0.15, -0.1) is 0 Å². The number of hydrogen-bond donors (Lipinski definition) is 0. The van der Waals surface area contributed by atoms with Gasteiger partial charge in [0, 0.05) is 6.07 Å². The molecule has 0 saturated heterocycles. The van der Waals surface area contributed by atoms with Crippen molar-refractivity contribution in [1.82, 2.24) is 0 Å². The number of alkyl halides is 3. The third-order valence-electron chi connectivity index (χ3n) is 3.23. The minimum absolute atomic E-state index is 0.0309. The average Bonchev–Trinajstić information content (AvgIpc) is 2.53. The Morgan fingerprint density at radius 2 is 1.79 bits per heavy atom. The third-order valence-corrected chi connectivity index (χ3v) is 3.23. The smallest absolute Gasteiger partial charge is 0.416 e. The maximum Gasteiger partial charge on any atom is 0.416 e. The molecule has 0 N–H and O–H groups in total. The molecule has 0 bridgehead atoms. The molecule has 126 valence electrons. The second-order valence-corrected chi connectivity index (χ2v) is 4.78. The van der Waals surface area contributed by atoms with Gasteiger partial charge >= 0.3 is 12.1 Å². The molecule has 8 heteroatoms. The van der Waals surface area contributed by atoms with Crippen LogP contribution in [0.3, 0.4) is 0 Å². The molecular formula is C16H12F3NO4. The Morgan fingerprint density at radius 3 is 2.29 bits per heavy atom. The highest BCUT2D eigenvalue weighted by Crippen LogP contribution is 2.36. The van der Waals surface area contributed by atoms with E-state index in [1.54, 1.807) is 6.92 Å². The van der Waals surface area contributed by atoms with Crippen LogP contribution < -0.4 is 0 Å². The molecule has 0 aliphatic rings. The van der Waals surface area contributed by atoms with E-state index in [0.29, 0.717) is 11.6 Å². The lowest BCUT2D eigenvalue weighted by atomic mass is 10.00. The van der Waals surface area contributed by atoms with E-state index in [9.17, 15) is 28.1 Å². The predicted octanol–water partition coefficient (Wildman–Crippen LogP) is 4.46. The van der Waals surface area contributed by atoms with Crippen molar-refractivity contribution in [2.75, 3.05) is 6.61 Å². The molecule has 0 unspecified atom stereocenters. The molecule has 0 fully saturated rings. The van der Waals surface area contributed by atoms with Crippen molar-refractivity contribution in [2.45, 2.75) is 13.1 Å². The fraction of sp³-hybridized carbons (Fsp3) is 0.188. The molecule has 24 heavy (non-hydrogen) atoms. The molecule has 2 aromatic carbocycles. The zero-order chi connectivity index (χ0) is 17.9. The van der Waals surface area contributed by atoms with E-state index in [2.05, 4.69) is 0 Å². The van der Waals surface area contributed by atoms with Gasteiger partial charge in [0.2, 0.25) is 0 Å². The number of rotatable bonds is 4. The van der Waals surface area contributed by atoms with Gasteiger partial charge in [0.25, 0.3) is 5.69 Å². The van der Waals surface area contributed by atoms with Gasteiger partial charge in [0.1, 0.15) is 0 Å². The van der Waals surface area contributed by atoms with Crippen molar-refractivity contribution in [3.05, 3.63) is 63.7 Å². The number of nitro groups is 1. The van der Waals surface area contributed by atoms with E-state index >= 15 is 0 Å². The number of hydrogen-bond acceptors (Lipinski definition) is 4. The van der Waals surface area contributed by atoms with Crippen LogP contribution in [-0.4, -0.2) is 17.5 Å². The van der Waals surface area contributed by atoms with Crippen LogP contribution in [0.2, 0.25) is 0 Å². The SMILES string of the molecule is CCOC(=O)c1ccc(-c2ccc(C(F)(F)F)cc2[N+](=O)[O-])cc1. The van der Waals surface area contributed by atoms with E-state index in [1.807, 2.05) is 0 Å². The topological polar surface area (TPSA) is 69.4 Å². The molecule has 0 heterocycles. The van der Waals surface area contributed by atoms with Crippen molar-refractivity contribution < 1.29 is 27.6 Å². The Balaban J connectivity index is 2.45. The monoisotopic (exact) mass is 339 g/mol. The number of nitrogens with zero attached hydrogens (tertiary/aromatic N) is 1. The van der Waals surface area contributed by atoms with Gasteiger partial charge in [-0.1, -0.05) is 12.1 Å². The summed E-state index contributed by atoms with van der Waals surface area (Å²) in [7, 11) is 0. The fourth-order valence-corrected chi connectivity index (χ4v) is 2.10. The number of carbonyl (C=O) groups is 1. The van der Waals surface area contributed by atoms with Crippen LogP contribution in [-0.2, 0) is 10.9 Å². The van der Waals surface area contributed by atoms with Crippen molar-refractivity contribution in [2.24, 2.45) is 0 Å². The van der Waals surface area contributed by atoms with Gasteiger partial charge in [-0.3, -0.25) is 10.1 Å². The highest BCUT2D eigenvalue weighted by molar-refractivity contribution is 5.90. The van der Waals surface area contributed by atoms with Crippen molar-refractivity contribution >= 4 is 11.7 Å². The standard InChI is InChI=1S/C16H12F3NO4/c1-2-24-15(21)11-5-3-10(4-6-11)13-8-7-12(16(17,18)19)9-14(13)20(22)23/h3-9H,2H2,1H3. The van der Waals surface area contributed by atoms with Gasteiger partial charge in [0.15, 0.2) is 0 Å². The molecule has 0 atom stereocenters. The highest BCUT2D eigenvalue weighted by Gasteiger charge is 2.33. The van der Waals surface area contributed by atoms with E-state index in [0.717, 1.165) is 12.1 Å². The maximum atomic E-state index is 12.7. The molecule has 2 rings (SSSR count). The Labute approximate surface area is 134 Å². The normalized spacial score (nSPS) is 11.2. The molecule has 0 amide bonds. The summed E-state index contributed by atoms with van der Waals surface area (Å²) in [6, 6.07) is 7.95. The van der Waals surface area contributed by atoms with Crippen molar-refractivity contribution in [1.29, 1.82) is 0 Å². The molecular weight excluding hydrogens is 327 g/mol. The summed E-state index contributed by atoms with van der Waals surface area (Å²) < 4.78 is 42.9. The van der Waals surface area contributed by atoms with Gasteiger partial charge in [-0.25, -0.2) is 4.79 Å². The first-order valence-corrected chi connectivity index (χ1v) is 6.87. The fourth-order valence-electron chi connectivity index (χ4n) is 2.10. The number of halogens is 3. The second kappa shape index (κ2) is 6.69. The summed E-state index contributed by atoms with van der Waals surface area (Å²) in [5.41, 5.74) is -1.16. The average molecular weight is 339 g/mol. The number of ether oxygens (including phenoxy) is 1. The highest BCUT2D eigenvalue weighted by atomic mass is 19.4. The van der Waals surface area contributed by atoms with Crippen molar-refractivity contribution in [3.63, 3.8) is 0 Å².